The smallest absolute Gasteiger partial charge is 0.491 e. The minimum absolute atomic E-state index is 0.139. The van der Waals surface area contributed by atoms with Gasteiger partial charge in [-0.15, -0.1) is 0 Å². The number of nitrogens with one attached hydrogen (secondary N) is 1. The molecule has 0 saturated heterocycles. The maximum absolute atomic E-state index is 12.6. The van der Waals surface area contributed by atoms with Gasteiger partial charge in [0.25, 0.3) is 0 Å². The molecule has 1 aliphatic heterocycles. The topological polar surface area (TPSA) is 80.8 Å². The third kappa shape index (κ3) is 8.91. The van der Waals surface area contributed by atoms with Crippen molar-refractivity contribution in [1.82, 2.24) is 4.98 Å². The van der Waals surface area contributed by atoms with Crippen LogP contribution in [0.3, 0.4) is 0 Å². The molecule has 1 aromatic rings. The highest BCUT2D eigenvalue weighted by molar-refractivity contribution is 7.88. The summed E-state index contributed by atoms with van der Waals surface area (Å²) in [4.78, 5) is 7.10. The van der Waals surface area contributed by atoms with Crippen LogP contribution in [0.2, 0.25) is 0 Å². The van der Waals surface area contributed by atoms with E-state index in [1.807, 2.05) is 12.1 Å². The third-order valence-electron chi connectivity index (χ3n) is 5.13. The number of hydrogen-bond donors (Lipinski definition) is 1. The first-order chi connectivity index (χ1) is 15.7. The van der Waals surface area contributed by atoms with E-state index in [0.29, 0.717) is 5.69 Å². The normalized spacial score (nSPS) is 15.6. The van der Waals surface area contributed by atoms with Crippen molar-refractivity contribution in [3.63, 3.8) is 0 Å². The lowest BCUT2D eigenvalue weighted by Gasteiger charge is -2.07. The van der Waals surface area contributed by atoms with Crippen molar-refractivity contribution in [1.29, 1.82) is 0 Å². The molecule has 0 aromatic carbocycles. The van der Waals surface area contributed by atoms with Gasteiger partial charge in [0.15, 0.2) is 5.76 Å². The Hall–Kier alpha value is -2.23. The molecule has 186 valence electrons. The molecule has 6 nitrogen and oxygen atoms in total. The van der Waals surface area contributed by atoms with Gasteiger partial charge in [0.1, 0.15) is 5.70 Å². The number of nitrogens with zero attached hydrogens (tertiary/aromatic N) is 1. The summed E-state index contributed by atoms with van der Waals surface area (Å²) in [5, 5.41) is 0. The van der Waals surface area contributed by atoms with Crippen LogP contribution in [0.25, 0.3) is 6.08 Å². The van der Waals surface area contributed by atoms with E-state index in [1.54, 1.807) is 13.0 Å². The van der Waals surface area contributed by atoms with Crippen LogP contribution >= 0.6 is 0 Å². The predicted molar refractivity (Wildman–Crippen MR) is 123 cm³/mol. The molecule has 0 bridgehead atoms. The first-order valence-electron chi connectivity index (χ1n) is 11.5. The largest absolute Gasteiger partial charge is 0.534 e. The number of H-pyrrole nitrogens is 1. The molecule has 0 unspecified atom stereocenters. The second-order valence-corrected chi connectivity index (χ2v) is 9.46. The van der Waals surface area contributed by atoms with Crippen molar-refractivity contribution < 1.29 is 30.5 Å². The van der Waals surface area contributed by atoms with E-state index < -0.39 is 21.5 Å². The molecule has 0 aliphatic carbocycles. The summed E-state index contributed by atoms with van der Waals surface area (Å²) < 4.78 is 69.7. The number of aryl methyl sites for hydroxylation is 1. The summed E-state index contributed by atoms with van der Waals surface area (Å²) >= 11 is 0. The van der Waals surface area contributed by atoms with Crippen LogP contribution in [0.4, 0.5) is 13.2 Å². The Labute approximate surface area is 194 Å². The SMILES string of the molecule is CCCCCCCCCCCc1ccc(/C=C2\N=C(OS(=O)(=O)C(F)(F)F)C=C2OCC)[nH]1. The van der Waals surface area contributed by atoms with Crippen molar-refractivity contribution in [2.45, 2.75) is 83.6 Å². The maximum atomic E-state index is 12.6. The summed E-state index contributed by atoms with van der Waals surface area (Å²) in [7, 11) is -5.80. The van der Waals surface area contributed by atoms with E-state index in [0.717, 1.165) is 24.6 Å². The van der Waals surface area contributed by atoms with E-state index in [4.69, 9.17) is 4.74 Å². The van der Waals surface area contributed by atoms with Crippen LogP contribution in [-0.4, -0.2) is 31.4 Å². The number of alkyl halides is 3. The molecule has 0 saturated carbocycles. The highest BCUT2D eigenvalue weighted by Gasteiger charge is 2.49. The lowest BCUT2D eigenvalue weighted by atomic mass is 10.1. The first kappa shape index (κ1) is 27.0. The highest BCUT2D eigenvalue weighted by Crippen LogP contribution is 2.29. The van der Waals surface area contributed by atoms with Crippen LogP contribution in [0.15, 0.2) is 34.7 Å². The van der Waals surface area contributed by atoms with E-state index in [1.165, 1.54) is 51.4 Å². The molecule has 0 radical (unpaired) electrons. The highest BCUT2D eigenvalue weighted by atomic mass is 32.2. The fourth-order valence-electron chi connectivity index (χ4n) is 3.43. The Morgan fingerprint density at radius 2 is 1.64 bits per heavy atom. The van der Waals surface area contributed by atoms with Crippen LogP contribution in [0.1, 0.15) is 83.0 Å². The summed E-state index contributed by atoms with van der Waals surface area (Å²) in [5.41, 5.74) is -3.62. The van der Waals surface area contributed by atoms with Crippen LogP contribution < -0.4 is 0 Å². The molecule has 0 amide bonds. The quantitative estimate of drug-likeness (QED) is 0.180. The fourth-order valence-corrected chi connectivity index (χ4v) is 3.84. The number of hydrogen-bond acceptors (Lipinski definition) is 5. The van der Waals surface area contributed by atoms with E-state index in [2.05, 4.69) is 21.1 Å². The van der Waals surface area contributed by atoms with E-state index in [9.17, 15) is 21.6 Å². The Kier molecular flexibility index (Phi) is 10.5. The molecule has 0 atom stereocenters. The van der Waals surface area contributed by atoms with Crippen LogP contribution in [-0.2, 0) is 25.5 Å². The molecule has 0 spiro atoms. The number of aliphatic imine (C=N–C) groups is 1. The lowest BCUT2D eigenvalue weighted by molar-refractivity contribution is -0.0504. The number of ether oxygens (including phenoxy) is 1. The second kappa shape index (κ2) is 12.9. The summed E-state index contributed by atoms with van der Waals surface area (Å²) in [6.45, 7) is 4.14. The van der Waals surface area contributed by atoms with Crippen molar-refractivity contribution >= 4 is 22.1 Å². The average Bonchev–Trinajstić information content (AvgIpc) is 3.33. The number of aromatic amines is 1. The monoisotopic (exact) mass is 490 g/mol. The van der Waals surface area contributed by atoms with E-state index >= 15 is 0 Å². The van der Waals surface area contributed by atoms with Crippen molar-refractivity contribution in [2.75, 3.05) is 6.61 Å². The minimum atomic E-state index is -5.80. The molecular weight excluding hydrogens is 457 g/mol. The number of aromatic nitrogens is 1. The standard InChI is InChI=1S/C23H33F3N2O4S/c1-3-5-6-7-8-9-10-11-12-13-18-14-15-19(27-18)16-20-21(31-4-2)17-22(28-20)32-33(29,30)23(24,25)26/h14-17,27H,3-13H2,1-2H3/b20-16-. The van der Waals surface area contributed by atoms with Gasteiger partial charge >= 0.3 is 15.6 Å². The summed E-state index contributed by atoms with van der Waals surface area (Å²) in [6, 6.07) is 3.78. The zero-order chi connectivity index (χ0) is 24.3. The number of rotatable bonds is 14. The Balaban J connectivity index is 1.90. The third-order valence-corrected chi connectivity index (χ3v) is 6.08. The number of unbranched alkanes of at least 4 members (excludes halogenated alkanes) is 8. The zero-order valence-electron chi connectivity index (χ0n) is 19.2. The molecule has 1 aromatic heterocycles. The minimum Gasteiger partial charge on any atom is -0.491 e. The molecule has 10 heteroatoms. The molecule has 0 fully saturated rings. The Bertz CT molecular complexity index is 947. The van der Waals surface area contributed by atoms with Gasteiger partial charge in [-0.3, -0.25) is 0 Å². The maximum Gasteiger partial charge on any atom is 0.534 e. The Morgan fingerprint density at radius 3 is 2.24 bits per heavy atom. The first-order valence-corrected chi connectivity index (χ1v) is 12.9. The fraction of sp³-hybridized carbons (Fsp3) is 0.609. The Morgan fingerprint density at radius 1 is 1.00 bits per heavy atom. The second-order valence-electron chi connectivity index (χ2n) is 7.92. The molecule has 1 aliphatic rings. The van der Waals surface area contributed by atoms with Gasteiger partial charge in [-0.05, 0) is 38.0 Å². The molecule has 1 N–H and O–H groups in total. The van der Waals surface area contributed by atoms with Gasteiger partial charge in [0.2, 0.25) is 5.90 Å². The molecule has 33 heavy (non-hydrogen) atoms. The van der Waals surface area contributed by atoms with E-state index in [-0.39, 0.29) is 18.1 Å². The van der Waals surface area contributed by atoms with Gasteiger partial charge in [-0.25, -0.2) is 4.99 Å². The molecule has 2 heterocycles. The summed E-state index contributed by atoms with van der Waals surface area (Å²) in [5.74, 6) is -0.552. The van der Waals surface area contributed by atoms with Gasteiger partial charge in [0, 0.05) is 17.5 Å². The molecular formula is C23H33F3N2O4S. The average molecular weight is 491 g/mol. The van der Waals surface area contributed by atoms with Crippen molar-refractivity contribution in [3.05, 3.63) is 41.1 Å². The summed E-state index contributed by atoms with van der Waals surface area (Å²) in [6.07, 6.45) is 14.8. The van der Waals surface area contributed by atoms with Gasteiger partial charge < -0.3 is 13.9 Å². The van der Waals surface area contributed by atoms with Crippen molar-refractivity contribution in [3.8, 4) is 0 Å². The van der Waals surface area contributed by atoms with Gasteiger partial charge in [-0.1, -0.05) is 58.3 Å². The lowest BCUT2D eigenvalue weighted by Crippen LogP contribution is -2.27. The van der Waals surface area contributed by atoms with Gasteiger partial charge in [-0.2, -0.15) is 21.6 Å². The van der Waals surface area contributed by atoms with Crippen LogP contribution in [0.5, 0.6) is 0 Å². The van der Waals surface area contributed by atoms with Gasteiger partial charge in [0.05, 0.1) is 6.61 Å². The number of halogens is 3. The van der Waals surface area contributed by atoms with Crippen LogP contribution in [0, 0.1) is 0 Å². The van der Waals surface area contributed by atoms with Crippen molar-refractivity contribution in [2.24, 2.45) is 4.99 Å². The predicted octanol–water partition coefficient (Wildman–Crippen LogP) is 6.63. The zero-order valence-corrected chi connectivity index (χ0v) is 20.0. The molecule has 2 rings (SSSR count).